The molecule has 0 atom stereocenters. The van der Waals surface area contributed by atoms with Gasteiger partial charge in [-0.05, 0) is 12.1 Å². The van der Waals surface area contributed by atoms with Crippen molar-refractivity contribution in [3.8, 4) is 0 Å². The molecule has 0 saturated carbocycles. The van der Waals surface area contributed by atoms with E-state index in [2.05, 4.69) is 4.98 Å². The molecule has 0 bridgehead atoms. The first-order chi connectivity index (χ1) is 6.50. The average molecular weight is 213 g/mol. The lowest BCUT2D eigenvalue weighted by Gasteiger charge is -1.88. The summed E-state index contributed by atoms with van der Waals surface area (Å²) in [6.07, 6.45) is 0. The summed E-state index contributed by atoms with van der Waals surface area (Å²) in [5.74, 6) is 0. The third-order valence-corrected chi connectivity index (χ3v) is 2.92. The van der Waals surface area contributed by atoms with Gasteiger partial charge in [0.15, 0.2) is 11.0 Å². The lowest BCUT2D eigenvalue weighted by atomic mass is 10.3. The van der Waals surface area contributed by atoms with E-state index < -0.39 is 10.1 Å². The van der Waals surface area contributed by atoms with Gasteiger partial charge in [-0.15, -0.1) is 0 Å². The largest absolute Gasteiger partial charge is 0.401 e. The van der Waals surface area contributed by atoms with Gasteiger partial charge in [0.1, 0.15) is 0 Å². The van der Waals surface area contributed by atoms with Crippen molar-refractivity contribution in [3.05, 3.63) is 24.3 Å². The zero-order valence-electron chi connectivity index (χ0n) is 7.43. The van der Waals surface area contributed by atoms with Crippen molar-refractivity contribution >= 4 is 21.2 Å². The summed E-state index contributed by atoms with van der Waals surface area (Å²) < 4.78 is 32.1. The predicted molar refractivity (Wildman–Crippen MR) is 49.3 cm³/mol. The number of hydrogen-bond acceptors (Lipinski definition) is 2. The second-order valence-electron chi connectivity index (χ2n) is 2.98. The number of H-pyrrole nitrogens is 1. The quantitative estimate of drug-likeness (QED) is 0.526. The first-order valence-corrected chi connectivity index (χ1v) is 5.38. The Bertz CT molecular complexity index is 586. The van der Waals surface area contributed by atoms with Crippen molar-refractivity contribution < 1.29 is 17.5 Å². The highest BCUT2D eigenvalue weighted by Gasteiger charge is 2.26. The first kappa shape index (κ1) is 9.17. The Morgan fingerprint density at radius 2 is 2.00 bits per heavy atom. The van der Waals surface area contributed by atoms with E-state index in [0.29, 0.717) is 5.52 Å². The monoisotopic (exact) mass is 213 g/mol. The molecule has 0 fully saturated rings. The van der Waals surface area contributed by atoms with E-state index >= 15 is 0 Å². The molecule has 1 aromatic carbocycles. The molecule has 0 amide bonds. The number of fused-ring (bicyclic) bond motifs is 1. The Morgan fingerprint density at radius 1 is 1.36 bits per heavy atom. The van der Waals surface area contributed by atoms with Crippen LogP contribution in [0.15, 0.2) is 29.4 Å². The number of nitrogens with zero attached hydrogens (tertiary/aromatic N) is 1. The van der Waals surface area contributed by atoms with Crippen LogP contribution < -0.4 is 4.57 Å². The zero-order chi connectivity index (χ0) is 10.3. The fourth-order valence-electron chi connectivity index (χ4n) is 1.42. The summed E-state index contributed by atoms with van der Waals surface area (Å²) in [6, 6.07) is 7.08. The Hall–Kier alpha value is -1.40. The molecule has 0 aliphatic carbocycles. The fourth-order valence-corrected chi connectivity index (χ4v) is 2.10. The average Bonchev–Trinajstić information content (AvgIpc) is 2.44. The molecule has 74 valence electrons. The summed E-state index contributed by atoms with van der Waals surface area (Å²) in [5, 5.41) is -0.210. The van der Waals surface area contributed by atoms with Gasteiger partial charge in [0.25, 0.3) is 0 Å². The third-order valence-electron chi connectivity index (χ3n) is 2.06. The van der Waals surface area contributed by atoms with Gasteiger partial charge in [0.2, 0.25) is 0 Å². The van der Waals surface area contributed by atoms with Crippen molar-refractivity contribution in [2.45, 2.75) is 5.16 Å². The number of rotatable bonds is 1. The number of nitrogens with one attached hydrogen (secondary N) is 1. The summed E-state index contributed by atoms with van der Waals surface area (Å²) in [6.45, 7) is 0. The maximum atomic E-state index is 10.9. The molecule has 2 aromatic rings. The van der Waals surface area contributed by atoms with Crippen molar-refractivity contribution in [2.75, 3.05) is 0 Å². The molecule has 14 heavy (non-hydrogen) atoms. The molecule has 6 heteroatoms. The van der Waals surface area contributed by atoms with E-state index in [1.807, 2.05) is 0 Å². The fraction of sp³-hybridized carbons (Fsp3) is 0.125. The number of aromatic nitrogens is 2. The molecule has 2 N–H and O–H groups in total. The Balaban J connectivity index is 2.89. The van der Waals surface area contributed by atoms with Crippen LogP contribution in [-0.2, 0) is 17.2 Å². The van der Waals surface area contributed by atoms with E-state index in [-0.39, 0.29) is 5.16 Å². The second kappa shape index (κ2) is 2.79. The predicted octanol–water partition coefficient (Wildman–Crippen LogP) is 0.239. The number of imidazole rings is 1. The number of benzene rings is 1. The van der Waals surface area contributed by atoms with Gasteiger partial charge in [-0.3, -0.25) is 4.55 Å². The van der Waals surface area contributed by atoms with E-state index in [1.165, 1.54) is 4.57 Å². The molecule has 5 nitrogen and oxygen atoms in total. The summed E-state index contributed by atoms with van der Waals surface area (Å²) in [7, 11) is -2.62. The molecular weight excluding hydrogens is 204 g/mol. The van der Waals surface area contributed by atoms with E-state index in [0.717, 1.165) is 5.52 Å². The Kier molecular flexibility index (Phi) is 1.83. The molecule has 0 aliphatic rings. The van der Waals surface area contributed by atoms with E-state index in [9.17, 15) is 8.42 Å². The molecule has 1 aromatic heterocycles. The van der Waals surface area contributed by atoms with Gasteiger partial charge in [0.05, 0.1) is 7.05 Å². The van der Waals surface area contributed by atoms with Gasteiger partial charge >= 0.3 is 15.3 Å². The van der Waals surface area contributed by atoms with Gasteiger partial charge in [-0.1, -0.05) is 12.1 Å². The highest BCUT2D eigenvalue weighted by atomic mass is 32.2. The van der Waals surface area contributed by atoms with Crippen LogP contribution in [0.2, 0.25) is 0 Å². The van der Waals surface area contributed by atoms with Crippen LogP contribution in [0.4, 0.5) is 0 Å². The minimum absolute atomic E-state index is 0.210. The maximum absolute atomic E-state index is 10.9. The van der Waals surface area contributed by atoms with Crippen LogP contribution in [0.3, 0.4) is 0 Å². The zero-order valence-corrected chi connectivity index (χ0v) is 8.25. The van der Waals surface area contributed by atoms with Crippen molar-refractivity contribution in [1.82, 2.24) is 4.98 Å². The third kappa shape index (κ3) is 1.28. The molecular formula is C8H9N2O3S+. The standard InChI is InChI=1S/C8H8N2O3S/c1-10-7-5-3-2-4-6(7)9-8(10)14(11,12)13/h2-5H,1H3,(H,11,12,13)/p+1. The van der Waals surface area contributed by atoms with Crippen LogP contribution in [0.5, 0.6) is 0 Å². The van der Waals surface area contributed by atoms with Crippen molar-refractivity contribution in [1.29, 1.82) is 0 Å². The SMILES string of the molecule is C[n+]1c(S(=O)(=O)O)[nH]c2ccccc21. The topological polar surface area (TPSA) is 74.0 Å². The minimum Gasteiger partial charge on any atom is -0.276 e. The van der Waals surface area contributed by atoms with E-state index in [4.69, 9.17) is 4.55 Å². The highest BCUT2D eigenvalue weighted by molar-refractivity contribution is 7.85. The Labute approximate surface area is 80.7 Å². The first-order valence-electron chi connectivity index (χ1n) is 3.94. The van der Waals surface area contributed by atoms with Gasteiger partial charge < -0.3 is 0 Å². The number of aromatic amines is 1. The van der Waals surface area contributed by atoms with Gasteiger partial charge in [0, 0.05) is 0 Å². The van der Waals surface area contributed by atoms with Gasteiger partial charge in [-0.25, -0.2) is 9.55 Å². The van der Waals surface area contributed by atoms with Crippen LogP contribution in [0, 0.1) is 0 Å². The van der Waals surface area contributed by atoms with Crippen molar-refractivity contribution in [3.63, 3.8) is 0 Å². The smallest absolute Gasteiger partial charge is 0.276 e. The molecule has 0 spiro atoms. The maximum Gasteiger partial charge on any atom is 0.401 e. The van der Waals surface area contributed by atoms with Crippen LogP contribution in [0.1, 0.15) is 0 Å². The second-order valence-corrected chi connectivity index (χ2v) is 4.32. The number of aryl methyl sites for hydroxylation is 1. The van der Waals surface area contributed by atoms with Crippen molar-refractivity contribution in [2.24, 2.45) is 7.05 Å². The van der Waals surface area contributed by atoms with Crippen LogP contribution >= 0.6 is 0 Å². The molecule has 0 aliphatic heterocycles. The molecule has 2 rings (SSSR count). The molecule has 0 unspecified atom stereocenters. The molecule has 1 heterocycles. The summed E-state index contributed by atoms with van der Waals surface area (Å²) in [5.41, 5.74) is 1.39. The van der Waals surface area contributed by atoms with Crippen LogP contribution in [0.25, 0.3) is 11.0 Å². The van der Waals surface area contributed by atoms with E-state index in [1.54, 1.807) is 31.3 Å². The minimum atomic E-state index is -4.19. The molecule has 0 saturated heterocycles. The summed E-state index contributed by atoms with van der Waals surface area (Å²) >= 11 is 0. The van der Waals surface area contributed by atoms with Crippen LogP contribution in [-0.4, -0.2) is 18.0 Å². The lowest BCUT2D eigenvalue weighted by molar-refractivity contribution is -0.685. The normalized spacial score (nSPS) is 12.1. The summed E-state index contributed by atoms with van der Waals surface area (Å²) in [4.78, 5) is 2.63. The number of hydrogen-bond donors (Lipinski definition) is 2. The van der Waals surface area contributed by atoms with Gasteiger partial charge in [-0.2, -0.15) is 8.42 Å². The number of para-hydroxylation sites is 2. The molecule has 0 radical (unpaired) electrons. The highest BCUT2D eigenvalue weighted by Crippen LogP contribution is 2.10. The Morgan fingerprint density at radius 3 is 2.57 bits per heavy atom. The lowest BCUT2D eigenvalue weighted by Crippen LogP contribution is -2.33.